The molecule has 18 heavy (non-hydrogen) atoms. The van der Waals surface area contributed by atoms with Crippen LogP contribution >= 0.6 is 0 Å². The molecule has 0 spiro atoms. The number of nitrogens with zero attached hydrogens (tertiary/aromatic N) is 2. The molecule has 2 rings (SSSR count). The van der Waals surface area contributed by atoms with E-state index in [0.29, 0.717) is 6.54 Å². The van der Waals surface area contributed by atoms with Gasteiger partial charge in [-0.15, -0.1) is 0 Å². The van der Waals surface area contributed by atoms with Crippen LogP contribution in [0.15, 0.2) is 42.5 Å². The largest absolute Gasteiger partial charge is 0.506 e. The maximum atomic E-state index is 9.84. The Morgan fingerprint density at radius 3 is 2.50 bits per heavy atom. The maximum absolute atomic E-state index is 9.84. The summed E-state index contributed by atoms with van der Waals surface area (Å²) in [5.41, 5.74) is 2.79. The third kappa shape index (κ3) is 2.80. The van der Waals surface area contributed by atoms with E-state index in [0.717, 1.165) is 23.6 Å². The van der Waals surface area contributed by atoms with Crippen molar-refractivity contribution in [2.24, 2.45) is 0 Å². The first-order chi connectivity index (χ1) is 8.70. The van der Waals surface area contributed by atoms with Gasteiger partial charge >= 0.3 is 0 Å². The standard InChI is InChI=1S/C15H18N2O/c1-3-17(13-7-5-4-6-8-13)11-14-15(18)10-9-12(2)16-14/h4-10,18H,3,11H2,1-2H3. The topological polar surface area (TPSA) is 36.4 Å². The van der Waals surface area contributed by atoms with Crippen molar-refractivity contribution >= 4 is 5.69 Å². The summed E-state index contributed by atoms with van der Waals surface area (Å²) in [6, 6.07) is 13.7. The molecule has 0 radical (unpaired) electrons. The van der Waals surface area contributed by atoms with E-state index in [9.17, 15) is 5.11 Å². The third-order valence-electron chi connectivity index (χ3n) is 2.93. The molecule has 0 bridgehead atoms. The number of benzene rings is 1. The quantitative estimate of drug-likeness (QED) is 0.895. The van der Waals surface area contributed by atoms with Crippen LogP contribution in [0.2, 0.25) is 0 Å². The lowest BCUT2D eigenvalue weighted by molar-refractivity contribution is 0.462. The van der Waals surface area contributed by atoms with Crippen molar-refractivity contribution in [1.82, 2.24) is 4.98 Å². The maximum Gasteiger partial charge on any atom is 0.138 e. The van der Waals surface area contributed by atoms with Gasteiger partial charge < -0.3 is 10.0 Å². The minimum atomic E-state index is 0.259. The molecular weight excluding hydrogens is 224 g/mol. The highest BCUT2D eigenvalue weighted by Gasteiger charge is 2.09. The molecule has 0 saturated heterocycles. The van der Waals surface area contributed by atoms with E-state index in [1.165, 1.54) is 0 Å². The first-order valence-corrected chi connectivity index (χ1v) is 6.16. The number of rotatable bonds is 4. The summed E-state index contributed by atoms with van der Waals surface area (Å²) in [4.78, 5) is 6.58. The molecule has 0 atom stereocenters. The number of hydrogen-bond acceptors (Lipinski definition) is 3. The van der Waals surface area contributed by atoms with E-state index in [1.54, 1.807) is 6.07 Å². The van der Waals surface area contributed by atoms with E-state index in [4.69, 9.17) is 0 Å². The van der Waals surface area contributed by atoms with Gasteiger partial charge in [0, 0.05) is 17.9 Å². The SMILES string of the molecule is CCN(Cc1nc(C)ccc1O)c1ccccc1. The molecule has 0 aliphatic carbocycles. The van der Waals surface area contributed by atoms with Crippen molar-refractivity contribution in [3.8, 4) is 5.75 Å². The zero-order chi connectivity index (χ0) is 13.0. The van der Waals surface area contributed by atoms with Crippen LogP contribution in [0, 0.1) is 6.92 Å². The number of aromatic nitrogens is 1. The first kappa shape index (κ1) is 12.4. The molecule has 0 unspecified atom stereocenters. The molecule has 0 fully saturated rings. The van der Waals surface area contributed by atoms with Gasteiger partial charge in [-0.25, -0.2) is 0 Å². The highest BCUT2D eigenvalue weighted by molar-refractivity contribution is 5.47. The minimum absolute atomic E-state index is 0.259. The Hall–Kier alpha value is -2.03. The molecule has 1 heterocycles. The zero-order valence-corrected chi connectivity index (χ0v) is 10.8. The van der Waals surface area contributed by atoms with Gasteiger partial charge in [-0.1, -0.05) is 18.2 Å². The van der Waals surface area contributed by atoms with Crippen LogP contribution in [0.5, 0.6) is 5.75 Å². The predicted molar refractivity (Wildman–Crippen MR) is 73.8 cm³/mol. The fourth-order valence-electron chi connectivity index (χ4n) is 1.92. The van der Waals surface area contributed by atoms with Gasteiger partial charge in [0.15, 0.2) is 0 Å². The number of hydrogen-bond donors (Lipinski definition) is 1. The van der Waals surface area contributed by atoms with Crippen LogP contribution in [0.1, 0.15) is 18.3 Å². The molecular formula is C15H18N2O. The van der Waals surface area contributed by atoms with E-state index in [-0.39, 0.29) is 5.75 Å². The van der Waals surface area contributed by atoms with Gasteiger partial charge in [0.25, 0.3) is 0 Å². The van der Waals surface area contributed by atoms with Gasteiger partial charge in [-0.2, -0.15) is 0 Å². The summed E-state index contributed by atoms with van der Waals surface area (Å²) < 4.78 is 0. The van der Waals surface area contributed by atoms with E-state index in [1.807, 2.05) is 31.2 Å². The molecule has 94 valence electrons. The Balaban J connectivity index is 2.23. The number of para-hydroxylation sites is 1. The van der Waals surface area contributed by atoms with Crippen molar-refractivity contribution in [2.45, 2.75) is 20.4 Å². The number of aryl methyl sites for hydroxylation is 1. The second kappa shape index (κ2) is 5.54. The number of pyridine rings is 1. The lowest BCUT2D eigenvalue weighted by Gasteiger charge is -2.23. The lowest BCUT2D eigenvalue weighted by Crippen LogP contribution is -2.22. The first-order valence-electron chi connectivity index (χ1n) is 6.16. The molecule has 3 heteroatoms. The summed E-state index contributed by atoms with van der Waals surface area (Å²) in [7, 11) is 0. The van der Waals surface area contributed by atoms with Gasteiger partial charge in [-0.05, 0) is 38.1 Å². The molecule has 0 saturated carbocycles. The summed E-state index contributed by atoms with van der Waals surface area (Å²) in [6.07, 6.45) is 0. The highest BCUT2D eigenvalue weighted by atomic mass is 16.3. The number of anilines is 1. The average Bonchev–Trinajstić information content (AvgIpc) is 2.41. The predicted octanol–water partition coefficient (Wildman–Crippen LogP) is 3.12. The zero-order valence-electron chi connectivity index (χ0n) is 10.8. The Labute approximate surface area is 108 Å². The normalized spacial score (nSPS) is 10.3. The van der Waals surface area contributed by atoms with Crippen molar-refractivity contribution in [1.29, 1.82) is 0 Å². The van der Waals surface area contributed by atoms with Gasteiger partial charge in [0.2, 0.25) is 0 Å². The molecule has 1 aromatic heterocycles. The second-order valence-corrected chi connectivity index (χ2v) is 4.27. The van der Waals surface area contributed by atoms with Crippen molar-refractivity contribution in [3.63, 3.8) is 0 Å². The van der Waals surface area contributed by atoms with Crippen molar-refractivity contribution in [3.05, 3.63) is 53.9 Å². The van der Waals surface area contributed by atoms with E-state index < -0.39 is 0 Å². The molecule has 1 N–H and O–H groups in total. The fraction of sp³-hybridized carbons (Fsp3) is 0.267. The van der Waals surface area contributed by atoms with E-state index in [2.05, 4.69) is 28.9 Å². The molecule has 0 amide bonds. The summed E-state index contributed by atoms with van der Waals surface area (Å²) in [5.74, 6) is 0.259. The van der Waals surface area contributed by atoms with Gasteiger partial charge in [0.1, 0.15) is 11.4 Å². The van der Waals surface area contributed by atoms with E-state index >= 15 is 0 Å². The molecule has 1 aromatic carbocycles. The van der Waals surface area contributed by atoms with Crippen molar-refractivity contribution < 1.29 is 5.11 Å². The third-order valence-corrected chi connectivity index (χ3v) is 2.93. The minimum Gasteiger partial charge on any atom is -0.506 e. The van der Waals surface area contributed by atoms with Gasteiger partial charge in [0.05, 0.1) is 6.54 Å². The van der Waals surface area contributed by atoms with Crippen LogP contribution in [-0.4, -0.2) is 16.6 Å². The smallest absolute Gasteiger partial charge is 0.138 e. The summed E-state index contributed by atoms with van der Waals surface area (Å²) in [6.45, 7) is 5.52. The second-order valence-electron chi connectivity index (χ2n) is 4.27. The molecule has 0 aliphatic rings. The fourth-order valence-corrected chi connectivity index (χ4v) is 1.92. The molecule has 2 aromatic rings. The Morgan fingerprint density at radius 1 is 1.11 bits per heavy atom. The van der Waals surface area contributed by atoms with Gasteiger partial charge in [-0.3, -0.25) is 4.98 Å². The van der Waals surface area contributed by atoms with Crippen molar-refractivity contribution in [2.75, 3.05) is 11.4 Å². The summed E-state index contributed by atoms with van der Waals surface area (Å²) >= 11 is 0. The molecule has 0 aliphatic heterocycles. The van der Waals surface area contributed by atoms with Crippen LogP contribution in [0.3, 0.4) is 0 Å². The number of aromatic hydroxyl groups is 1. The monoisotopic (exact) mass is 242 g/mol. The van der Waals surface area contributed by atoms with Crippen LogP contribution < -0.4 is 4.90 Å². The average molecular weight is 242 g/mol. The Bertz CT molecular complexity index is 511. The molecule has 3 nitrogen and oxygen atoms in total. The lowest BCUT2D eigenvalue weighted by atomic mass is 10.2. The van der Waals surface area contributed by atoms with Crippen LogP contribution in [-0.2, 0) is 6.54 Å². The summed E-state index contributed by atoms with van der Waals surface area (Å²) in [5, 5.41) is 9.84. The Kier molecular flexibility index (Phi) is 3.82. The highest BCUT2D eigenvalue weighted by Crippen LogP contribution is 2.20. The van der Waals surface area contributed by atoms with Crippen LogP contribution in [0.4, 0.5) is 5.69 Å². The Morgan fingerprint density at radius 2 is 1.83 bits per heavy atom. The van der Waals surface area contributed by atoms with Crippen LogP contribution in [0.25, 0.3) is 0 Å².